The van der Waals surface area contributed by atoms with Gasteiger partial charge in [-0.3, -0.25) is 0 Å². The lowest BCUT2D eigenvalue weighted by molar-refractivity contribution is 0.360. The van der Waals surface area contributed by atoms with Crippen molar-refractivity contribution in [3.8, 4) is 0 Å². The van der Waals surface area contributed by atoms with Crippen molar-refractivity contribution >= 4 is 29.2 Å². The highest BCUT2D eigenvalue weighted by molar-refractivity contribution is 7.98. The lowest BCUT2D eigenvalue weighted by Crippen LogP contribution is -2.43. The van der Waals surface area contributed by atoms with E-state index in [-0.39, 0.29) is 0 Å². The lowest BCUT2D eigenvalue weighted by Gasteiger charge is -2.38. The van der Waals surface area contributed by atoms with Crippen molar-refractivity contribution in [2.45, 2.75) is 43.3 Å². The fraction of sp³-hybridized carbons (Fsp3) is 0.692. The first kappa shape index (κ1) is 12.5. The first-order chi connectivity index (χ1) is 8.78. The van der Waals surface area contributed by atoms with Crippen LogP contribution in [-0.2, 0) is 0 Å². The van der Waals surface area contributed by atoms with E-state index in [9.17, 15) is 0 Å². The fourth-order valence-corrected chi connectivity index (χ4v) is 3.96. The number of piperidine rings is 1. The van der Waals surface area contributed by atoms with Crippen LogP contribution in [-0.4, -0.2) is 28.8 Å². The van der Waals surface area contributed by atoms with Gasteiger partial charge in [0.15, 0.2) is 5.16 Å². The number of nitrogens with zero attached hydrogens (tertiary/aromatic N) is 3. The molecule has 1 saturated heterocycles. The highest BCUT2D eigenvalue weighted by Crippen LogP contribution is 2.39. The van der Waals surface area contributed by atoms with Crippen LogP contribution in [0.15, 0.2) is 11.2 Å². The minimum Gasteiger partial charge on any atom is -0.353 e. The standard InChI is InChI=1S/C13H18ClN3S/c1-18-13-15-11(14)8-12(16-13)17-7-3-5-9-4-2-6-10(9)17/h8-10H,2-7H2,1H3. The Morgan fingerprint density at radius 1 is 1.28 bits per heavy atom. The van der Waals surface area contributed by atoms with Gasteiger partial charge in [-0.15, -0.1) is 0 Å². The van der Waals surface area contributed by atoms with Gasteiger partial charge in [-0.1, -0.05) is 29.8 Å². The predicted molar refractivity (Wildman–Crippen MR) is 76.5 cm³/mol. The number of anilines is 1. The molecule has 0 bridgehead atoms. The van der Waals surface area contributed by atoms with Crippen molar-refractivity contribution in [2.24, 2.45) is 5.92 Å². The molecule has 1 aromatic rings. The quantitative estimate of drug-likeness (QED) is 0.471. The second-order valence-corrected chi connectivity index (χ2v) is 6.29. The molecule has 0 amide bonds. The van der Waals surface area contributed by atoms with Crippen LogP contribution < -0.4 is 4.90 Å². The zero-order valence-electron chi connectivity index (χ0n) is 10.6. The third kappa shape index (κ3) is 2.32. The summed E-state index contributed by atoms with van der Waals surface area (Å²) in [5, 5.41) is 1.34. The SMILES string of the molecule is CSc1nc(Cl)cc(N2CCCC3CCCC32)n1. The predicted octanol–water partition coefficient (Wildman–Crippen LogP) is 3.62. The molecule has 1 aromatic heterocycles. The molecule has 2 atom stereocenters. The minimum atomic E-state index is 0.560. The molecule has 2 fully saturated rings. The molecular weight excluding hydrogens is 266 g/mol. The first-order valence-corrected chi connectivity index (χ1v) is 8.23. The monoisotopic (exact) mass is 283 g/mol. The molecule has 0 radical (unpaired) electrons. The minimum absolute atomic E-state index is 0.560. The number of hydrogen-bond acceptors (Lipinski definition) is 4. The zero-order chi connectivity index (χ0) is 12.5. The van der Waals surface area contributed by atoms with E-state index in [2.05, 4.69) is 14.9 Å². The van der Waals surface area contributed by atoms with E-state index in [0.29, 0.717) is 11.2 Å². The molecular formula is C13H18ClN3S. The molecule has 3 rings (SSSR count). The van der Waals surface area contributed by atoms with Gasteiger partial charge in [0.1, 0.15) is 11.0 Å². The van der Waals surface area contributed by atoms with E-state index in [0.717, 1.165) is 23.4 Å². The highest BCUT2D eigenvalue weighted by atomic mass is 35.5. The highest BCUT2D eigenvalue weighted by Gasteiger charge is 2.35. The van der Waals surface area contributed by atoms with Gasteiger partial charge in [0.2, 0.25) is 0 Å². The van der Waals surface area contributed by atoms with Gasteiger partial charge in [0.25, 0.3) is 0 Å². The summed E-state index contributed by atoms with van der Waals surface area (Å²) in [7, 11) is 0. The molecule has 98 valence electrons. The number of thioether (sulfide) groups is 1. The van der Waals surface area contributed by atoms with Crippen LogP contribution in [0, 0.1) is 5.92 Å². The number of rotatable bonds is 2. The molecule has 0 spiro atoms. The summed E-state index contributed by atoms with van der Waals surface area (Å²) < 4.78 is 0. The smallest absolute Gasteiger partial charge is 0.190 e. The Labute approximate surface area is 117 Å². The molecule has 1 aliphatic carbocycles. The number of hydrogen-bond donors (Lipinski definition) is 0. The normalized spacial score (nSPS) is 27.3. The number of fused-ring (bicyclic) bond motifs is 1. The summed E-state index contributed by atoms with van der Waals surface area (Å²) in [6.45, 7) is 1.11. The Morgan fingerprint density at radius 2 is 2.11 bits per heavy atom. The Kier molecular flexibility index (Phi) is 3.66. The maximum Gasteiger partial charge on any atom is 0.190 e. The van der Waals surface area contributed by atoms with Crippen molar-refractivity contribution in [1.82, 2.24) is 9.97 Å². The first-order valence-electron chi connectivity index (χ1n) is 6.63. The van der Waals surface area contributed by atoms with E-state index in [1.54, 1.807) is 11.8 Å². The molecule has 3 nitrogen and oxygen atoms in total. The molecule has 0 aromatic carbocycles. The Hall–Kier alpha value is -0.480. The maximum absolute atomic E-state index is 6.10. The van der Waals surface area contributed by atoms with Gasteiger partial charge >= 0.3 is 0 Å². The van der Waals surface area contributed by atoms with Crippen LogP contribution in [0.2, 0.25) is 5.15 Å². The summed E-state index contributed by atoms with van der Waals surface area (Å²) in [5.74, 6) is 1.89. The molecule has 5 heteroatoms. The zero-order valence-corrected chi connectivity index (χ0v) is 12.2. The van der Waals surface area contributed by atoms with Crippen LogP contribution >= 0.6 is 23.4 Å². The molecule has 0 N–H and O–H groups in total. The third-order valence-corrected chi connectivity index (χ3v) is 4.87. The lowest BCUT2D eigenvalue weighted by atomic mass is 9.92. The van der Waals surface area contributed by atoms with Crippen molar-refractivity contribution in [1.29, 1.82) is 0 Å². The Bertz CT molecular complexity index is 440. The molecule has 1 aliphatic heterocycles. The van der Waals surface area contributed by atoms with Crippen LogP contribution in [0.4, 0.5) is 5.82 Å². The molecule has 2 aliphatic rings. The fourth-order valence-electron chi connectivity index (χ4n) is 3.36. The van der Waals surface area contributed by atoms with E-state index < -0.39 is 0 Å². The summed E-state index contributed by atoms with van der Waals surface area (Å²) >= 11 is 7.65. The van der Waals surface area contributed by atoms with E-state index in [1.807, 2.05) is 12.3 Å². The Balaban J connectivity index is 1.90. The summed E-state index contributed by atoms with van der Waals surface area (Å²) in [5.41, 5.74) is 0. The van der Waals surface area contributed by atoms with Gasteiger partial charge < -0.3 is 4.90 Å². The largest absolute Gasteiger partial charge is 0.353 e. The average molecular weight is 284 g/mol. The van der Waals surface area contributed by atoms with Gasteiger partial charge in [-0.25, -0.2) is 9.97 Å². The Morgan fingerprint density at radius 3 is 2.94 bits per heavy atom. The van der Waals surface area contributed by atoms with E-state index in [1.165, 1.54) is 32.1 Å². The maximum atomic E-state index is 6.10. The van der Waals surface area contributed by atoms with Gasteiger partial charge in [0.05, 0.1) is 0 Å². The van der Waals surface area contributed by atoms with Gasteiger partial charge in [-0.2, -0.15) is 0 Å². The van der Waals surface area contributed by atoms with Crippen LogP contribution in [0.3, 0.4) is 0 Å². The number of halogens is 1. The second kappa shape index (κ2) is 5.25. The average Bonchev–Trinajstić information content (AvgIpc) is 2.85. The molecule has 18 heavy (non-hydrogen) atoms. The van der Waals surface area contributed by atoms with E-state index in [4.69, 9.17) is 11.6 Å². The van der Waals surface area contributed by atoms with Crippen molar-refractivity contribution < 1.29 is 0 Å². The summed E-state index contributed by atoms with van der Waals surface area (Å²) in [6, 6.07) is 2.60. The molecule has 2 heterocycles. The second-order valence-electron chi connectivity index (χ2n) is 5.13. The van der Waals surface area contributed by atoms with Crippen LogP contribution in [0.5, 0.6) is 0 Å². The topological polar surface area (TPSA) is 29.0 Å². The summed E-state index contributed by atoms with van der Waals surface area (Å²) in [4.78, 5) is 11.3. The van der Waals surface area contributed by atoms with Gasteiger partial charge in [-0.05, 0) is 37.9 Å². The van der Waals surface area contributed by atoms with Crippen molar-refractivity contribution in [2.75, 3.05) is 17.7 Å². The number of aromatic nitrogens is 2. The molecule has 1 saturated carbocycles. The summed E-state index contributed by atoms with van der Waals surface area (Å²) in [6.07, 6.45) is 8.70. The third-order valence-electron chi connectivity index (χ3n) is 4.13. The van der Waals surface area contributed by atoms with E-state index >= 15 is 0 Å². The van der Waals surface area contributed by atoms with Crippen molar-refractivity contribution in [3.05, 3.63) is 11.2 Å². The van der Waals surface area contributed by atoms with Crippen molar-refractivity contribution in [3.63, 3.8) is 0 Å². The van der Waals surface area contributed by atoms with Crippen LogP contribution in [0.25, 0.3) is 0 Å². The van der Waals surface area contributed by atoms with Gasteiger partial charge in [0, 0.05) is 18.7 Å². The van der Waals surface area contributed by atoms with Crippen LogP contribution in [0.1, 0.15) is 32.1 Å². The molecule has 2 unspecified atom stereocenters.